The number of aromatic nitrogens is 1. The molecular weight excluding hydrogens is 188 g/mol. The van der Waals surface area contributed by atoms with E-state index in [2.05, 4.69) is 4.98 Å². The lowest BCUT2D eigenvalue weighted by molar-refractivity contribution is 0.590. The third-order valence-corrected chi connectivity index (χ3v) is 3.28. The summed E-state index contributed by atoms with van der Waals surface area (Å²) in [6.45, 7) is 0.381. The smallest absolute Gasteiger partial charge is 0.195 e. The summed E-state index contributed by atoms with van der Waals surface area (Å²) < 4.78 is 22.9. The number of sulfone groups is 1. The Hall–Kier alpha value is -0.940. The molecule has 1 aromatic heterocycles. The molecule has 0 unspecified atom stereocenters. The van der Waals surface area contributed by atoms with Gasteiger partial charge in [-0.25, -0.2) is 13.4 Å². The monoisotopic (exact) mass is 200 g/mol. The molecule has 0 saturated carbocycles. The predicted octanol–water partition coefficient (Wildman–Crippen LogP) is 0.204. The highest BCUT2D eigenvalue weighted by molar-refractivity contribution is 7.91. The van der Waals surface area contributed by atoms with E-state index >= 15 is 0 Å². The van der Waals surface area contributed by atoms with E-state index in [9.17, 15) is 8.42 Å². The van der Waals surface area contributed by atoms with Crippen molar-refractivity contribution < 1.29 is 8.42 Å². The molecule has 0 bridgehead atoms. The van der Waals surface area contributed by atoms with Crippen LogP contribution < -0.4 is 5.73 Å². The molecule has 0 spiro atoms. The Morgan fingerprint density at radius 1 is 1.38 bits per heavy atom. The molecule has 0 radical (unpaired) electrons. The Kier molecular flexibility index (Phi) is 3.39. The molecule has 5 heteroatoms. The molecule has 1 heterocycles. The minimum atomic E-state index is -3.21. The minimum Gasteiger partial charge on any atom is -0.330 e. The average Bonchev–Trinajstić information content (AvgIpc) is 2.16. The maximum absolute atomic E-state index is 11.5. The molecule has 0 aliphatic heterocycles. The van der Waals surface area contributed by atoms with E-state index in [0.717, 1.165) is 0 Å². The fourth-order valence-electron chi connectivity index (χ4n) is 0.909. The van der Waals surface area contributed by atoms with Gasteiger partial charge < -0.3 is 5.73 Å². The zero-order valence-electron chi connectivity index (χ0n) is 7.18. The summed E-state index contributed by atoms with van der Waals surface area (Å²) in [4.78, 5) is 3.77. The first kappa shape index (κ1) is 10.1. The molecule has 0 fully saturated rings. The van der Waals surface area contributed by atoms with Gasteiger partial charge in [0.05, 0.1) is 5.75 Å². The Morgan fingerprint density at radius 3 is 2.69 bits per heavy atom. The van der Waals surface area contributed by atoms with Crippen LogP contribution in [0, 0.1) is 0 Å². The van der Waals surface area contributed by atoms with Crippen LogP contribution in [0.4, 0.5) is 0 Å². The van der Waals surface area contributed by atoms with Gasteiger partial charge in [0.15, 0.2) is 14.9 Å². The largest absolute Gasteiger partial charge is 0.330 e. The number of hydrogen-bond acceptors (Lipinski definition) is 4. The van der Waals surface area contributed by atoms with Crippen molar-refractivity contribution in [1.82, 2.24) is 4.98 Å². The molecule has 0 aliphatic rings. The summed E-state index contributed by atoms with van der Waals surface area (Å²) in [5.74, 6) is 0.0700. The zero-order valence-corrected chi connectivity index (χ0v) is 8.00. The van der Waals surface area contributed by atoms with Gasteiger partial charge in [0.2, 0.25) is 0 Å². The lowest BCUT2D eigenvalue weighted by atomic mass is 10.5. The molecule has 4 nitrogen and oxygen atoms in total. The Morgan fingerprint density at radius 2 is 2.15 bits per heavy atom. The first-order chi connectivity index (χ1) is 6.17. The van der Waals surface area contributed by atoms with Crippen molar-refractivity contribution >= 4 is 9.84 Å². The third-order valence-electron chi connectivity index (χ3n) is 1.57. The Labute approximate surface area is 77.7 Å². The number of rotatable bonds is 4. The zero-order chi connectivity index (χ0) is 9.73. The van der Waals surface area contributed by atoms with Crippen LogP contribution >= 0.6 is 0 Å². The summed E-state index contributed by atoms with van der Waals surface area (Å²) in [6, 6.07) is 4.83. The number of nitrogens with two attached hydrogens (primary N) is 1. The van der Waals surface area contributed by atoms with Crippen molar-refractivity contribution in [2.45, 2.75) is 11.4 Å². The van der Waals surface area contributed by atoms with E-state index in [0.29, 0.717) is 13.0 Å². The summed E-state index contributed by atoms with van der Waals surface area (Å²) in [7, 11) is -3.21. The predicted molar refractivity (Wildman–Crippen MR) is 50.0 cm³/mol. The van der Waals surface area contributed by atoms with Crippen LogP contribution in [0.5, 0.6) is 0 Å². The van der Waals surface area contributed by atoms with Crippen molar-refractivity contribution in [3.05, 3.63) is 24.4 Å². The summed E-state index contributed by atoms with van der Waals surface area (Å²) in [5.41, 5.74) is 5.23. The summed E-state index contributed by atoms with van der Waals surface area (Å²) in [5, 5.41) is 0.128. The van der Waals surface area contributed by atoms with Gasteiger partial charge in [-0.3, -0.25) is 0 Å². The van der Waals surface area contributed by atoms with Gasteiger partial charge in [0, 0.05) is 6.20 Å². The molecule has 1 aromatic rings. The summed E-state index contributed by atoms with van der Waals surface area (Å²) in [6.07, 6.45) is 1.94. The molecule has 0 amide bonds. The number of pyridine rings is 1. The molecule has 2 N–H and O–H groups in total. The number of hydrogen-bond donors (Lipinski definition) is 1. The average molecular weight is 200 g/mol. The lowest BCUT2D eigenvalue weighted by Crippen LogP contribution is -2.12. The van der Waals surface area contributed by atoms with Crippen molar-refractivity contribution in [2.24, 2.45) is 5.73 Å². The third kappa shape index (κ3) is 2.78. The molecule has 0 aliphatic carbocycles. The highest BCUT2D eigenvalue weighted by Gasteiger charge is 2.13. The second-order valence-electron chi connectivity index (χ2n) is 2.63. The SMILES string of the molecule is NCCCS(=O)(=O)c1ccccn1. The van der Waals surface area contributed by atoms with Crippen LogP contribution in [0.25, 0.3) is 0 Å². The Bertz CT molecular complexity index is 348. The van der Waals surface area contributed by atoms with Crippen LogP contribution in [0.2, 0.25) is 0 Å². The van der Waals surface area contributed by atoms with Crippen molar-refractivity contribution in [3.63, 3.8) is 0 Å². The fourth-order valence-corrected chi connectivity index (χ4v) is 2.17. The van der Waals surface area contributed by atoms with Gasteiger partial charge in [-0.2, -0.15) is 0 Å². The van der Waals surface area contributed by atoms with Gasteiger partial charge in [0.25, 0.3) is 0 Å². The van der Waals surface area contributed by atoms with E-state index in [1.54, 1.807) is 12.1 Å². The van der Waals surface area contributed by atoms with Crippen LogP contribution in [0.15, 0.2) is 29.4 Å². The van der Waals surface area contributed by atoms with E-state index in [1.807, 2.05) is 0 Å². The standard InChI is InChI=1S/C8H12N2O2S/c9-5-3-7-13(11,12)8-4-1-2-6-10-8/h1-2,4,6H,3,5,7,9H2. The van der Waals surface area contributed by atoms with Gasteiger partial charge in [-0.1, -0.05) is 6.07 Å². The van der Waals surface area contributed by atoms with E-state index in [1.165, 1.54) is 12.3 Å². The maximum atomic E-state index is 11.5. The quantitative estimate of drug-likeness (QED) is 0.753. The topological polar surface area (TPSA) is 73.1 Å². The van der Waals surface area contributed by atoms with E-state index in [4.69, 9.17) is 5.73 Å². The molecule has 1 rings (SSSR count). The van der Waals surface area contributed by atoms with Crippen molar-refractivity contribution in [1.29, 1.82) is 0 Å². The van der Waals surface area contributed by atoms with Crippen LogP contribution in [-0.2, 0) is 9.84 Å². The summed E-state index contributed by atoms with van der Waals surface area (Å²) >= 11 is 0. The first-order valence-electron chi connectivity index (χ1n) is 4.00. The highest BCUT2D eigenvalue weighted by Crippen LogP contribution is 2.06. The van der Waals surface area contributed by atoms with Crippen LogP contribution in [0.1, 0.15) is 6.42 Å². The normalized spacial score (nSPS) is 11.5. The van der Waals surface area contributed by atoms with Gasteiger partial charge in [0.1, 0.15) is 0 Å². The molecule has 13 heavy (non-hydrogen) atoms. The van der Waals surface area contributed by atoms with E-state index < -0.39 is 9.84 Å². The first-order valence-corrected chi connectivity index (χ1v) is 5.66. The molecular formula is C8H12N2O2S. The maximum Gasteiger partial charge on any atom is 0.195 e. The fraction of sp³-hybridized carbons (Fsp3) is 0.375. The molecule has 0 atom stereocenters. The van der Waals surface area contributed by atoms with Crippen LogP contribution in [0.3, 0.4) is 0 Å². The van der Waals surface area contributed by atoms with Crippen molar-refractivity contribution in [2.75, 3.05) is 12.3 Å². The van der Waals surface area contributed by atoms with Gasteiger partial charge in [-0.15, -0.1) is 0 Å². The Balaban J connectivity index is 2.83. The number of nitrogens with zero attached hydrogens (tertiary/aromatic N) is 1. The van der Waals surface area contributed by atoms with Crippen LogP contribution in [-0.4, -0.2) is 25.7 Å². The van der Waals surface area contributed by atoms with E-state index in [-0.39, 0.29) is 10.8 Å². The molecule has 0 saturated heterocycles. The molecule has 0 aromatic carbocycles. The minimum absolute atomic E-state index is 0.0700. The lowest BCUT2D eigenvalue weighted by Gasteiger charge is -2.00. The van der Waals surface area contributed by atoms with Gasteiger partial charge >= 0.3 is 0 Å². The second kappa shape index (κ2) is 4.34. The van der Waals surface area contributed by atoms with Crippen molar-refractivity contribution in [3.8, 4) is 0 Å². The second-order valence-corrected chi connectivity index (χ2v) is 4.69. The van der Waals surface area contributed by atoms with Gasteiger partial charge in [-0.05, 0) is 25.1 Å². The molecule has 72 valence electrons. The highest BCUT2D eigenvalue weighted by atomic mass is 32.2.